The molecule has 2 heteroatoms. The van der Waals surface area contributed by atoms with Crippen molar-refractivity contribution in [3.8, 4) is 67.0 Å². The summed E-state index contributed by atoms with van der Waals surface area (Å²) in [5, 5.41) is 5.12. The van der Waals surface area contributed by atoms with Gasteiger partial charge >= 0.3 is 0 Å². The van der Waals surface area contributed by atoms with Crippen LogP contribution in [0, 0.1) is 6.92 Å². The lowest BCUT2D eigenvalue weighted by atomic mass is 9.70. The van der Waals surface area contributed by atoms with Crippen LogP contribution in [0.2, 0.25) is 0 Å². The van der Waals surface area contributed by atoms with E-state index in [1.807, 2.05) is 0 Å². The predicted molar refractivity (Wildman–Crippen MR) is 325 cm³/mol. The Bertz CT molecular complexity index is 4000. The van der Waals surface area contributed by atoms with Crippen molar-refractivity contribution in [2.75, 3.05) is 0 Å². The van der Waals surface area contributed by atoms with E-state index in [-0.39, 0.29) is 5.41 Å². The first-order chi connectivity index (χ1) is 37.5. The van der Waals surface area contributed by atoms with Crippen molar-refractivity contribution >= 4 is 43.6 Å². The first-order valence-electron chi connectivity index (χ1n) is 28.2. The summed E-state index contributed by atoms with van der Waals surface area (Å²) in [7, 11) is 0. The number of hydrogen-bond donors (Lipinski definition) is 0. The molecule has 2 nitrogen and oxygen atoms in total. The Hall–Kier alpha value is -8.20. The number of aryl methyl sites for hydroxylation is 1. The molecule has 0 unspecified atom stereocenters. The Kier molecular flexibility index (Phi) is 12.6. The lowest BCUT2D eigenvalue weighted by Crippen LogP contribution is -2.25. The molecule has 0 atom stereocenters. The van der Waals surface area contributed by atoms with Gasteiger partial charge in [0, 0.05) is 38.3 Å². The van der Waals surface area contributed by atoms with E-state index in [0.717, 1.165) is 0 Å². The summed E-state index contributed by atoms with van der Waals surface area (Å²) >= 11 is 0. The van der Waals surface area contributed by atoms with Gasteiger partial charge in [-0.3, -0.25) is 0 Å². The number of hydrogen-bond acceptors (Lipinski definition) is 0. The van der Waals surface area contributed by atoms with Gasteiger partial charge < -0.3 is 9.13 Å². The average molecular weight is 983 g/mol. The van der Waals surface area contributed by atoms with Gasteiger partial charge in [0.2, 0.25) is 0 Å². The van der Waals surface area contributed by atoms with Crippen molar-refractivity contribution in [3.63, 3.8) is 0 Å². The number of rotatable bonds is 16. The van der Waals surface area contributed by atoms with Crippen molar-refractivity contribution in [1.82, 2.24) is 9.13 Å². The van der Waals surface area contributed by atoms with E-state index in [1.165, 1.54) is 192 Å². The van der Waals surface area contributed by atoms with Crippen LogP contribution in [0.15, 0.2) is 224 Å². The molecule has 0 radical (unpaired) electrons. The third-order valence-electron chi connectivity index (χ3n) is 17.0. The highest BCUT2D eigenvalue weighted by molar-refractivity contribution is 6.11. The summed E-state index contributed by atoms with van der Waals surface area (Å²) in [4.78, 5) is 0. The van der Waals surface area contributed by atoms with E-state index in [4.69, 9.17) is 0 Å². The van der Waals surface area contributed by atoms with Gasteiger partial charge in [-0.2, -0.15) is 0 Å². The first kappa shape index (κ1) is 47.5. The van der Waals surface area contributed by atoms with Crippen molar-refractivity contribution in [1.29, 1.82) is 0 Å². The Balaban J connectivity index is 0.854. The minimum Gasteiger partial charge on any atom is -0.309 e. The molecule has 13 rings (SSSR count). The fourth-order valence-electron chi connectivity index (χ4n) is 13.1. The van der Waals surface area contributed by atoms with E-state index in [0.29, 0.717) is 0 Å². The molecule has 0 N–H and O–H groups in total. The number of benzene rings is 10. The highest BCUT2D eigenvalue weighted by Crippen LogP contribution is 2.56. The van der Waals surface area contributed by atoms with Crippen LogP contribution < -0.4 is 0 Å². The van der Waals surface area contributed by atoms with Gasteiger partial charge in [-0.15, -0.1) is 0 Å². The molecule has 2 heterocycles. The zero-order chi connectivity index (χ0) is 51.2. The van der Waals surface area contributed by atoms with Gasteiger partial charge in [0.05, 0.1) is 22.1 Å². The second-order valence-corrected chi connectivity index (χ2v) is 21.7. The summed E-state index contributed by atoms with van der Waals surface area (Å²) in [5.74, 6) is 0. The minimum absolute atomic E-state index is 0.0508. The molecule has 76 heavy (non-hydrogen) atoms. The Morgan fingerprint density at radius 3 is 1.17 bits per heavy atom. The van der Waals surface area contributed by atoms with Crippen LogP contribution in [0.25, 0.3) is 111 Å². The molecule has 12 aromatic rings. The largest absolute Gasteiger partial charge is 0.309 e. The van der Waals surface area contributed by atoms with Gasteiger partial charge in [0.1, 0.15) is 0 Å². The zero-order valence-electron chi connectivity index (χ0n) is 44.3. The van der Waals surface area contributed by atoms with Crippen LogP contribution in [0.3, 0.4) is 0 Å². The number of unbranched alkanes of at least 4 members (excludes halogenated alkanes) is 6. The van der Waals surface area contributed by atoms with Gasteiger partial charge in [-0.05, 0) is 159 Å². The van der Waals surface area contributed by atoms with Gasteiger partial charge in [0.15, 0.2) is 0 Å². The molecule has 0 spiro atoms. The lowest BCUT2D eigenvalue weighted by Gasteiger charge is -2.33. The molecular weight excluding hydrogens is 917 g/mol. The standard InChI is InChI=1S/C74H66N2/c1-4-6-8-16-45-74(46-17-9-7-5-2)68-49-58(53-31-38-60(39-32-53)75-70-24-13-10-21-64(70)65-22-11-14-25-71(65)75)35-42-62(68)63-43-36-59(50-69(63)74)54-33-40-61(41-34-54)76-72-26-15-12-23-66(72)67-48-57(37-44-73(67)76)56-20-18-19-55(47-56)52-29-27-51(3)28-30-52/h10-15,18-44,47-50H,4-9,16-17,45-46H2,1-3H3. The fourth-order valence-corrected chi connectivity index (χ4v) is 13.1. The Morgan fingerprint density at radius 1 is 0.303 bits per heavy atom. The normalized spacial score (nSPS) is 12.8. The van der Waals surface area contributed by atoms with E-state index in [1.54, 1.807) is 0 Å². The summed E-state index contributed by atoms with van der Waals surface area (Å²) in [6.07, 6.45) is 12.4. The molecular formula is C74H66N2. The Labute approximate surface area is 448 Å². The Morgan fingerprint density at radius 2 is 0.684 bits per heavy atom. The molecule has 0 aliphatic heterocycles. The first-order valence-corrected chi connectivity index (χ1v) is 28.2. The highest BCUT2D eigenvalue weighted by atomic mass is 15.0. The van der Waals surface area contributed by atoms with Crippen molar-refractivity contribution in [3.05, 3.63) is 241 Å². The second-order valence-electron chi connectivity index (χ2n) is 21.7. The maximum atomic E-state index is 2.60. The monoisotopic (exact) mass is 983 g/mol. The molecule has 1 aliphatic rings. The van der Waals surface area contributed by atoms with Crippen molar-refractivity contribution in [2.45, 2.75) is 90.4 Å². The predicted octanol–water partition coefficient (Wildman–Crippen LogP) is 21.1. The van der Waals surface area contributed by atoms with Crippen LogP contribution in [0.5, 0.6) is 0 Å². The minimum atomic E-state index is -0.0508. The summed E-state index contributed by atoms with van der Waals surface area (Å²) in [6.45, 7) is 6.82. The second kappa shape index (κ2) is 20.2. The maximum Gasteiger partial charge on any atom is 0.0541 e. The van der Waals surface area contributed by atoms with Crippen LogP contribution >= 0.6 is 0 Å². The van der Waals surface area contributed by atoms with E-state index in [9.17, 15) is 0 Å². The molecule has 0 amide bonds. The molecule has 1 aliphatic carbocycles. The van der Waals surface area contributed by atoms with Crippen LogP contribution in [-0.2, 0) is 5.41 Å². The number of aromatic nitrogens is 2. The molecule has 0 fully saturated rings. The van der Waals surface area contributed by atoms with Gasteiger partial charge in [-0.25, -0.2) is 0 Å². The molecule has 0 saturated carbocycles. The average Bonchev–Trinajstić information content (AvgIpc) is 4.13. The van der Waals surface area contributed by atoms with E-state index >= 15 is 0 Å². The summed E-state index contributed by atoms with van der Waals surface area (Å²) in [6, 6.07) is 84.9. The zero-order valence-corrected chi connectivity index (χ0v) is 44.3. The van der Waals surface area contributed by atoms with Crippen LogP contribution in [0.4, 0.5) is 0 Å². The summed E-state index contributed by atoms with van der Waals surface area (Å²) in [5.41, 5.74) is 24.5. The summed E-state index contributed by atoms with van der Waals surface area (Å²) < 4.78 is 4.87. The third kappa shape index (κ3) is 8.36. The molecule has 2 aromatic heterocycles. The fraction of sp³-hybridized carbons (Fsp3) is 0.189. The van der Waals surface area contributed by atoms with Crippen LogP contribution in [0.1, 0.15) is 94.7 Å². The molecule has 372 valence electrons. The molecule has 0 saturated heterocycles. The smallest absolute Gasteiger partial charge is 0.0541 e. The molecule has 10 aromatic carbocycles. The SMILES string of the molecule is CCCCCCC1(CCCCCC)c2cc(-c3ccc(-n4c5ccccc5c5ccccc54)cc3)ccc2-c2ccc(-c3ccc(-n4c5ccccc5c5cc(-c6cccc(-c7ccc(C)cc7)c6)ccc54)cc3)cc21. The van der Waals surface area contributed by atoms with E-state index < -0.39 is 0 Å². The third-order valence-corrected chi connectivity index (χ3v) is 17.0. The number of nitrogens with zero attached hydrogens (tertiary/aromatic N) is 2. The molecule has 0 bridgehead atoms. The highest BCUT2D eigenvalue weighted by Gasteiger charge is 2.42. The van der Waals surface area contributed by atoms with Gasteiger partial charge in [-0.1, -0.05) is 222 Å². The van der Waals surface area contributed by atoms with Gasteiger partial charge in [0.25, 0.3) is 0 Å². The lowest BCUT2D eigenvalue weighted by molar-refractivity contribution is 0.401. The van der Waals surface area contributed by atoms with Crippen molar-refractivity contribution < 1.29 is 0 Å². The van der Waals surface area contributed by atoms with E-state index in [2.05, 4.69) is 254 Å². The van der Waals surface area contributed by atoms with Crippen LogP contribution in [-0.4, -0.2) is 9.13 Å². The quantitative estimate of drug-likeness (QED) is 0.0854. The maximum absolute atomic E-state index is 2.60. The van der Waals surface area contributed by atoms with Crippen molar-refractivity contribution in [2.24, 2.45) is 0 Å². The number of para-hydroxylation sites is 3. The number of fused-ring (bicyclic) bond motifs is 9. The topological polar surface area (TPSA) is 9.86 Å².